The largest absolute Gasteiger partial charge is 0.452 e. The van der Waals surface area contributed by atoms with Crippen molar-refractivity contribution in [3.8, 4) is 12.3 Å². The minimum absolute atomic E-state index is 0.0404. The molecule has 2 nitrogen and oxygen atoms in total. The highest BCUT2D eigenvalue weighted by Crippen LogP contribution is 1.93. The van der Waals surface area contributed by atoms with Crippen molar-refractivity contribution in [3.05, 3.63) is 6.92 Å². The van der Waals surface area contributed by atoms with Crippen molar-refractivity contribution in [2.45, 2.75) is 6.92 Å². The molecule has 0 fully saturated rings. The lowest BCUT2D eigenvalue weighted by molar-refractivity contribution is -0.144. The van der Waals surface area contributed by atoms with Crippen molar-refractivity contribution < 1.29 is 9.53 Å². The van der Waals surface area contributed by atoms with Gasteiger partial charge in [-0.25, -0.2) is 0 Å². The Hall–Kier alpha value is -0.970. The summed E-state index contributed by atoms with van der Waals surface area (Å²) in [7, 11) is 0. The van der Waals surface area contributed by atoms with Crippen LogP contribution in [0.4, 0.5) is 0 Å². The number of hydrogen-bond acceptors (Lipinski definition) is 2. The zero-order chi connectivity index (χ0) is 7.28. The van der Waals surface area contributed by atoms with Crippen LogP contribution in [0.5, 0.6) is 0 Å². The van der Waals surface area contributed by atoms with Crippen molar-refractivity contribution in [2.75, 3.05) is 6.61 Å². The van der Waals surface area contributed by atoms with Gasteiger partial charge in [-0.15, -0.1) is 6.42 Å². The average molecular weight is 125 g/mol. The standard InChI is InChI=1S/C7H9O2/c1-4-5-9-7(8)6(2)3/h1,6H,2,5H2,3H3. The third-order valence-corrected chi connectivity index (χ3v) is 0.700. The quantitative estimate of drug-likeness (QED) is 0.399. The number of esters is 1. The van der Waals surface area contributed by atoms with Gasteiger partial charge in [0.15, 0.2) is 6.61 Å². The summed E-state index contributed by atoms with van der Waals surface area (Å²) in [4.78, 5) is 10.5. The third-order valence-electron chi connectivity index (χ3n) is 0.700. The summed E-state index contributed by atoms with van der Waals surface area (Å²) >= 11 is 0. The molecule has 0 saturated carbocycles. The van der Waals surface area contributed by atoms with Crippen molar-refractivity contribution in [2.24, 2.45) is 5.92 Å². The number of ether oxygens (including phenoxy) is 1. The van der Waals surface area contributed by atoms with E-state index in [2.05, 4.69) is 17.6 Å². The van der Waals surface area contributed by atoms with Gasteiger partial charge in [0.25, 0.3) is 0 Å². The van der Waals surface area contributed by atoms with Gasteiger partial charge in [-0.3, -0.25) is 4.79 Å². The van der Waals surface area contributed by atoms with Crippen molar-refractivity contribution in [1.82, 2.24) is 0 Å². The van der Waals surface area contributed by atoms with E-state index in [1.807, 2.05) is 0 Å². The minimum atomic E-state index is -0.354. The summed E-state index contributed by atoms with van der Waals surface area (Å²) < 4.78 is 4.52. The van der Waals surface area contributed by atoms with Gasteiger partial charge < -0.3 is 4.74 Å². The van der Waals surface area contributed by atoms with Gasteiger partial charge >= 0.3 is 5.97 Å². The summed E-state index contributed by atoms with van der Waals surface area (Å²) in [6.07, 6.45) is 4.83. The van der Waals surface area contributed by atoms with Crippen molar-refractivity contribution in [1.29, 1.82) is 0 Å². The highest BCUT2D eigenvalue weighted by atomic mass is 16.5. The Bertz CT molecular complexity index is 130. The molecule has 1 unspecified atom stereocenters. The molecule has 0 aromatic carbocycles. The Morgan fingerprint density at radius 2 is 2.56 bits per heavy atom. The average Bonchev–Trinajstić information content (AvgIpc) is 1.82. The van der Waals surface area contributed by atoms with E-state index in [4.69, 9.17) is 6.42 Å². The molecule has 1 atom stereocenters. The van der Waals surface area contributed by atoms with Crippen LogP contribution in [-0.4, -0.2) is 12.6 Å². The maximum atomic E-state index is 10.5. The van der Waals surface area contributed by atoms with E-state index in [1.54, 1.807) is 6.92 Å². The molecule has 2 heteroatoms. The van der Waals surface area contributed by atoms with Crippen LogP contribution in [0, 0.1) is 25.2 Å². The van der Waals surface area contributed by atoms with E-state index in [0.29, 0.717) is 0 Å². The molecule has 49 valence electrons. The molecular weight excluding hydrogens is 116 g/mol. The Balaban J connectivity index is 3.42. The zero-order valence-corrected chi connectivity index (χ0v) is 5.39. The molecule has 0 saturated heterocycles. The summed E-state index contributed by atoms with van der Waals surface area (Å²) in [5.74, 6) is 1.49. The second kappa shape index (κ2) is 3.96. The molecule has 0 bridgehead atoms. The summed E-state index contributed by atoms with van der Waals surface area (Å²) in [6, 6.07) is 0. The lowest BCUT2D eigenvalue weighted by atomic mass is 10.2. The first-order chi connectivity index (χ1) is 4.18. The Labute approximate surface area is 55.2 Å². The van der Waals surface area contributed by atoms with Gasteiger partial charge in [-0.2, -0.15) is 0 Å². The predicted octanol–water partition coefficient (Wildman–Crippen LogP) is 0.633. The van der Waals surface area contributed by atoms with Crippen LogP contribution >= 0.6 is 0 Å². The van der Waals surface area contributed by atoms with Crippen LogP contribution in [-0.2, 0) is 9.53 Å². The number of terminal acetylenes is 1. The second-order valence-electron chi connectivity index (χ2n) is 1.71. The molecule has 0 N–H and O–H groups in total. The molecule has 0 aliphatic carbocycles. The highest BCUT2D eigenvalue weighted by molar-refractivity contribution is 5.72. The van der Waals surface area contributed by atoms with Gasteiger partial charge in [-0.1, -0.05) is 12.8 Å². The van der Waals surface area contributed by atoms with Gasteiger partial charge in [0.1, 0.15) is 0 Å². The Kier molecular flexibility index (Phi) is 3.54. The fourth-order valence-corrected chi connectivity index (χ4v) is 0.255. The van der Waals surface area contributed by atoms with Crippen LogP contribution in [0.15, 0.2) is 0 Å². The van der Waals surface area contributed by atoms with E-state index in [0.717, 1.165) is 0 Å². The Morgan fingerprint density at radius 3 is 2.89 bits per heavy atom. The molecule has 0 amide bonds. The number of carbonyl (C=O) groups excluding carboxylic acids is 1. The first-order valence-electron chi connectivity index (χ1n) is 2.61. The second-order valence-corrected chi connectivity index (χ2v) is 1.71. The van der Waals surface area contributed by atoms with E-state index < -0.39 is 0 Å². The van der Waals surface area contributed by atoms with Crippen LogP contribution in [0.2, 0.25) is 0 Å². The first kappa shape index (κ1) is 8.03. The van der Waals surface area contributed by atoms with Crippen LogP contribution < -0.4 is 0 Å². The van der Waals surface area contributed by atoms with Crippen molar-refractivity contribution >= 4 is 5.97 Å². The lowest BCUT2D eigenvalue weighted by Crippen LogP contribution is -2.11. The van der Waals surface area contributed by atoms with E-state index in [9.17, 15) is 4.79 Å². The van der Waals surface area contributed by atoms with Crippen LogP contribution in [0.25, 0.3) is 0 Å². The normalized spacial score (nSPS) is 8.67. The zero-order valence-electron chi connectivity index (χ0n) is 5.39. The molecule has 0 aliphatic heterocycles. The monoisotopic (exact) mass is 125 g/mol. The number of hydrogen-bond donors (Lipinski definition) is 0. The maximum absolute atomic E-state index is 10.5. The van der Waals surface area contributed by atoms with E-state index in [1.165, 1.54) is 0 Å². The topological polar surface area (TPSA) is 26.3 Å². The smallest absolute Gasteiger partial charge is 0.309 e. The van der Waals surface area contributed by atoms with Gasteiger partial charge in [-0.05, 0) is 6.92 Å². The molecule has 0 heterocycles. The van der Waals surface area contributed by atoms with Gasteiger partial charge in [0.2, 0.25) is 0 Å². The predicted molar refractivity (Wildman–Crippen MR) is 34.3 cm³/mol. The van der Waals surface area contributed by atoms with Gasteiger partial charge in [0, 0.05) is 0 Å². The summed E-state index contributed by atoms with van der Waals surface area (Å²) in [5.41, 5.74) is 0. The molecule has 1 radical (unpaired) electrons. The Morgan fingerprint density at radius 1 is 2.00 bits per heavy atom. The first-order valence-corrected chi connectivity index (χ1v) is 2.61. The summed E-state index contributed by atoms with van der Waals surface area (Å²) in [6.45, 7) is 5.14. The van der Waals surface area contributed by atoms with E-state index >= 15 is 0 Å². The third kappa shape index (κ3) is 3.60. The number of rotatable bonds is 2. The molecule has 0 spiro atoms. The maximum Gasteiger partial charge on any atom is 0.309 e. The summed E-state index contributed by atoms with van der Waals surface area (Å²) in [5, 5.41) is 0. The molecule has 0 aromatic rings. The molecule has 0 aromatic heterocycles. The lowest BCUT2D eigenvalue weighted by Gasteiger charge is -2.01. The van der Waals surface area contributed by atoms with Crippen molar-refractivity contribution in [3.63, 3.8) is 0 Å². The van der Waals surface area contributed by atoms with Crippen LogP contribution in [0.3, 0.4) is 0 Å². The number of carbonyl (C=O) groups is 1. The fourth-order valence-electron chi connectivity index (χ4n) is 0.255. The molecule has 0 rings (SSSR count). The minimum Gasteiger partial charge on any atom is -0.452 e. The van der Waals surface area contributed by atoms with E-state index in [-0.39, 0.29) is 18.5 Å². The van der Waals surface area contributed by atoms with Gasteiger partial charge in [0.05, 0.1) is 5.92 Å². The SMILES string of the molecule is C#CCOC(=O)C([CH2])C. The molecule has 9 heavy (non-hydrogen) atoms. The fraction of sp³-hybridized carbons (Fsp3) is 0.429. The molecular formula is C7H9O2. The van der Waals surface area contributed by atoms with Crippen LogP contribution in [0.1, 0.15) is 6.92 Å². The highest BCUT2D eigenvalue weighted by Gasteiger charge is 2.05. The molecule has 0 aliphatic rings.